The van der Waals surface area contributed by atoms with Crippen LogP contribution in [0.4, 0.5) is 10.1 Å². The predicted molar refractivity (Wildman–Crippen MR) is 77.4 cm³/mol. The number of carbonyl (C=O) groups excluding carboxylic acids is 1. The number of nitrogens with zero attached hydrogens (tertiary/aromatic N) is 1. The fraction of sp³-hybridized carbons (Fsp3) is 0.231. The summed E-state index contributed by atoms with van der Waals surface area (Å²) >= 11 is 7.23. The minimum atomic E-state index is -0.441. The Hall–Kier alpha value is -1.53. The molecule has 0 saturated heterocycles. The van der Waals surface area contributed by atoms with Gasteiger partial charge in [0.05, 0.1) is 22.2 Å². The zero-order chi connectivity index (χ0) is 14.5. The number of aromatic nitrogens is 1. The quantitative estimate of drug-likeness (QED) is 0.915. The maximum absolute atomic E-state index is 12.9. The van der Waals surface area contributed by atoms with Crippen molar-refractivity contribution in [3.05, 3.63) is 46.6 Å². The molecule has 0 bridgehead atoms. The van der Waals surface area contributed by atoms with Crippen LogP contribution in [0.15, 0.2) is 28.8 Å². The van der Waals surface area contributed by atoms with Crippen LogP contribution in [0.25, 0.3) is 0 Å². The Labute approximate surface area is 124 Å². The van der Waals surface area contributed by atoms with Gasteiger partial charge in [0.25, 0.3) is 0 Å². The van der Waals surface area contributed by atoms with Gasteiger partial charge in [-0.25, -0.2) is 4.39 Å². The predicted octanol–water partition coefficient (Wildman–Crippen LogP) is 3.65. The molecule has 1 aromatic heterocycles. The van der Waals surface area contributed by atoms with E-state index in [0.29, 0.717) is 11.4 Å². The maximum Gasteiger partial charge on any atom is 0.234 e. The average Bonchev–Trinajstić information content (AvgIpc) is 2.79. The van der Waals surface area contributed by atoms with Crippen molar-refractivity contribution in [3.63, 3.8) is 0 Å². The lowest BCUT2D eigenvalue weighted by molar-refractivity contribution is -0.113. The Kier molecular flexibility index (Phi) is 5.03. The first-order valence-electron chi connectivity index (χ1n) is 5.79. The highest BCUT2D eigenvalue weighted by Gasteiger charge is 2.08. The molecule has 0 fully saturated rings. The molecule has 0 aliphatic rings. The zero-order valence-electron chi connectivity index (χ0n) is 10.7. The van der Waals surface area contributed by atoms with E-state index in [0.717, 1.165) is 17.5 Å². The van der Waals surface area contributed by atoms with E-state index < -0.39 is 5.82 Å². The van der Waals surface area contributed by atoms with Crippen LogP contribution in [0.1, 0.15) is 11.5 Å². The molecule has 1 amide bonds. The third-order valence-electron chi connectivity index (χ3n) is 2.37. The second-order valence-electron chi connectivity index (χ2n) is 4.09. The molecule has 0 aliphatic carbocycles. The van der Waals surface area contributed by atoms with E-state index in [1.807, 2.05) is 13.0 Å². The highest BCUT2D eigenvalue weighted by atomic mass is 35.5. The first-order valence-corrected chi connectivity index (χ1v) is 7.32. The Morgan fingerprint density at radius 3 is 2.95 bits per heavy atom. The third kappa shape index (κ3) is 4.25. The number of benzene rings is 1. The Morgan fingerprint density at radius 1 is 1.50 bits per heavy atom. The van der Waals surface area contributed by atoms with Crippen molar-refractivity contribution in [2.75, 3.05) is 11.1 Å². The average molecular weight is 315 g/mol. The number of thioether (sulfide) groups is 1. The van der Waals surface area contributed by atoms with Gasteiger partial charge in [0.15, 0.2) is 0 Å². The minimum Gasteiger partial charge on any atom is -0.361 e. The summed E-state index contributed by atoms with van der Waals surface area (Å²) in [4.78, 5) is 11.7. The number of anilines is 1. The summed E-state index contributed by atoms with van der Waals surface area (Å²) in [6.07, 6.45) is 0. The van der Waals surface area contributed by atoms with Crippen LogP contribution >= 0.6 is 23.4 Å². The molecule has 0 aliphatic heterocycles. The summed E-state index contributed by atoms with van der Waals surface area (Å²) in [5.41, 5.74) is 1.19. The van der Waals surface area contributed by atoms with E-state index in [2.05, 4.69) is 10.5 Å². The summed E-state index contributed by atoms with van der Waals surface area (Å²) in [6, 6.07) is 5.65. The van der Waals surface area contributed by atoms with Gasteiger partial charge in [-0.15, -0.1) is 11.8 Å². The van der Waals surface area contributed by atoms with E-state index in [-0.39, 0.29) is 16.7 Å². The molecule has 0 spiro atoms. The minimum absolute atomic E-state index is 0.176. The summed E-state index contributed by atoms with van der Waals surface area (Å²) in [7, 11) is 0. The molecule has 0 radical (unpaired) electrons. The van der Waals surface area contributed by atoms with Gasteiger partial charge >= 0.3 is 0 Å². The number of aryl methyl sites for hydroxylation is 1. The van der Waals surface area contributed by atoms with Gasteiger partial charge in [0, 0.05) is 11.8 Å². The SMILES string of the molecule is Cc1cc(CSCC(=O)Nc2ccc(F)cc2Cl)no1. The van der Waals surface area contributed by atoms with Crippen LogP contribution in [0.2, 0.25) is 5.02 Å². The number of halogens is 2. The molecule has 0 saturated carbocycles. The van der Waals surface area contributed by atoms with Crippen LogP contribution < -0.4 is 5.32 Å². The molecule has 20 heavy (non-hydrogen) atoms. The maximum atomic E-state index is 12.9. The third-order valence-corrected chi connectivity index (χ3v) is 3.64. The van der Waals surface area contributed by atoms with Gasteiger partial charge in [0.2, 0.25) is 5.91 Å². The van der Waals surface area contributed by atoms with Crippen molar-refractivity contribution in [3.8, 4) is 0 Å². The van der Waals surface area contributed by atoms with Crippen LogP contribution in [-0.2, 0) is 10.5 Å². The second kappa shape index (κ2) is 6.76. The highest BCUT2D eigenvalue weighted by molar-refractivity contribution is 7.99. The summed E-state index contributed by atoms with van der Waals surface area (Å²) in [5.74, 6) is 0.928. The van der Waals surface area contributed by atoms with Crippen LogP contribution in [-0.4, -0.2) is 16.8 Å². The molecule has 106 valence electrons. The van der Waals surface area contributed by atoms with E-state index >= 15 is 0 Å². The van der Waals surface area contributed by atoms with Crippen molar-refractivity contribution in [2.24, 2.45) is 0 Å². The lowest BCUT2D eigenvalue weighted by atomic mass is 10.3. The number of carbonyl (C=O) groups is 1. The van der Waals surface area contributed by atoms with Crippen molar-refractivity contribution >= 4 is 35.0 Å². The molecular formula is C13H12ClFN2O2S. The Balaban J connectivity index is 1.80. The Bertz CT molecular complexity index is 618. The van der Waals surface area contributed by atoms with E-state index in [9.17, 15) is 9.18 Å². The number of hydrogen-bond acceptors (Lipinski definition) is 4. The lowest BCUT2D eigenvalue weighted by Gasteiger charge is -2.06. The van der Waals surface area contributed by atoms with Gasteiger partial charge in [-0.3, -0.25) is 4.79 Å². The van der Waals surface area contributed by atoms with Gasteiger partial charge in [-0.05, 0) is 25.1 Å². The molecule has 1 N–H and O–H groups in total. The number of amides is 1. The van der Waals surface area contributed by atoms with Gasteiger partial charge < -0.3 is 9.84 Å². The molecule has 0 atom stereocenters. The van der Waals surface area contributed by atoms with Crippen LogP contribution in [0, 0.1) is 12.7 Å². The number of hydrogen-bond donors (Lipinski definition) is 1. The van der Waals surface area contributed by atoms with E-state index in [1.54, 1.807) is 0 Å². The van der Waals surface area contributed by atoms with Crippen LogP contribution in [0.5, 0.6) is 0 Å². The van der Waals surface area contributed by atoms with Gasteiger partial charge in [-0.1, -0.05) is 16.8 Å². The molecule has 1 aromatic carbocycles. The fourth-order valence-electron chi connectivity index (χ4n) is 1.51. The second-order valence-corrected chi connectivity index (χ2v) is 5.49. The van der Waals surface area contributed by atoms with Crippen molar-refractivity contribution in [1.29, 1.82) is 0 Å². The normalized spacial score (nSPS) is 10.6. The molecule has 7 heteroatoms. The van der Waals surface area contributed by atoms with E-state index in [4.69, 9.17) is 16.1 Å². The standard InChI is InChI=1S/C13H12ClFN2O2S/c1-8-4-10(17-19-8)6-20-7-13(18)16-12-3-2-9(15)5-11(12)14/h2-5H,6-7H2,1H3,(H,16,18). The van der Waals surface area contributed by atoms with Gasteiger partial charge in [-0.2, -0.15) is 0 Å². The topological polar surface area (TPSA) is 55.1 Å². The monoisotopic (exact) mass is 314 g/mol. The fourth-order valence-corrected chi connectivity index (χ4v) is 2.43. The van der Waals surface area contributed by atoms with Crippen molar-refractivity contribution < 1.29 is 13.7 Å². The molecule has 4 nitrogen and oxygen atoms in total. The summed E-state index contributed by atoms with van der Waals surface area (Å²) in [5, 5.41) is 6.63. The smallest absolute Gasteiger partial charge is 0.234 e. The molecule has 0 unspecified atom stereocenters. The van der Waals surface area contributed by atoms with E-state index in [1.165, 1.54) is 23.9 Å². The summed E-state index contributed by atoms with van der Waals surface area (Å²) in [6.45, 7) is 1.81. The van der Waals surface area contributed by atoms with Crippen molar-refractivity contribution in [1.82, 2.24) is 5.16 Å². The Morgan fingerprint density at radius 2 is 2.30 bits per heavy atom. The summed E-state index contributed by atoms with van der Waals surface area (Å²) < 4.78 is 17.8. The first kappa shape index (κ1) is 14.9. The van der Waals surface area contributed by atoms with Gasteiger partial charge in [0.1, 0.15) is 11.6 Å². The highest BCUT2D eigenvalue weighted by Crippen LogP contribution is 2.22. The lowest BCUT2D eigenvalue weighted by Crippen LogP contribution is -2.14. The zero-order valence-corrected chi connectivity index (χ0v) is 12.2. The number of nitrogens with one attached hydrogen (secondary N) is 1. The van der Waals surface area contributed by atoms with Crippen LogP contribution in [0.3, 0.4) is 0 Å². The number of rotatable bonds is 5. The first-order chi connectivity index (χ1) is 9.54. The molecule has 2 rings (SSSR count). The molecule has 2 aromatic rings. The van der Waals surface area contributed by atoms with Crippen molar-refractivity contribution in [2.45, 2.75) is 12.7 Å². The molecular weight excluding hydrogens is 303 g/mol. The largest absolute Gasteiger partial charge is 0.361 e. The molecule has 1 heterocycles.